The molecule has 0 radical (unpaired) electrons. The van der Waals surface area contributed by atoms with Crippen molar-refractivity contribution in [2.45, 2.75) is 25.9 Å². The van der Waals surface area contributed by atoms with Crippen molar-refractivity contribution >= 4 is 16.9 Å². The van der Waals surface area contributed by atoms with Gasteiger partial charge in [0.05, 0.1) is 19.3 Å². The summed E-state index contributed by atoms with van der Waals surface area (Å²) in [5.74, 6) is 1.16. The lowest BCUT2D eigenvalue weighted by molar-refractivity contribution is 0.594. The zero-order valence-corrected chi connectivity index (χ0v) is 9.57. The summed E-state index contributed by atoms with van der Waals surface area (Å²) in [5, 5.41) is 12.1. The Balaban J connectivity index is 1.78. The summed E-state index contributed by atoms with van der Waals surface area (Å²) in [6.07, 6.45) is 4.75. The van der Waals surface area contributed by atoms with E-state index < -0.39 is 0 Å². The van der Waals surface area contributed by atoms with E-state index in [1.54, 1.807) is 22.6 Å². The van der Waals surface area contributed by atoms with Crippen LogP contribution in [-0.2, 0) is 6.54 Å². The molecular formula is C9H15N5S. The van der Waals surface area contributed by atoms with E-state index in [1.165, 1.54) is 6.42 Å². The molecule has 6 heteroatoms. The standard InChI is InChI=1S/C9H15N5S/c1-8-2-7-15-9(12-8)10-3-5-14-6-4-11-13-14/h4,6,8H,2-3,5,7H2,1H3,(H,10,12). The highest BCUT2D eigenvalue weighted by Crippen LogP contribution is 2.13. The van der Waals surface area contributed by atoms with E-state index in [9.17, 15) is 0 Å². The highest BCUT2D eigenvalue weighted by atomic mass is 32.2. The molecule has 0 amide bonds. The molecule has 1 atom stereocenters. The van der Waals surface area contributed by atoms with Crippen molar-refractivity contribution in [2.24, 2.45) is 4.99 Å². The van der Waals surface area contributed by atoms with Crippen LogP contribution in [0.4, 0.5) is 0 Å². The van der Waals surface area contributed by atoms with Crippen molar-refractivity contribution in [3.8, 4) is 0 Å². The number of rotatable bonds is 3. The second kappa shape index (κ2) is 5.16. The summed E-state index contributed by atoms with van der Waals surface area (Å²) in [4.78, 5) is 4.49. The van der Waals surface area contributed by atoms with E-state index >= 15 is 0 Å². The van der Waals surface area contributed by atoms with Crippen molar-refractivity contribution in [2.75, 3.05) is 12.3 Å². The molecule has 5 nitrogen and oxygen atoms in total. The minimum absolute atomic E-state index is 0.552. The Labute approximate surface area is 93.3 Å². The minimum atomic E-state index is 0.552. The summed E-state index contributed by atoms with van der Waals surface area (Å²) in [6, 6.07) is 0.552. The molecular weight excluding hydrogens is 210 g/mol. The van der Waals surface area contributed by atoms with Crippen LogP contribution < -0.4 is 5.32 Å². The number of amidine groups is 1. The van der Waals surface area contributed by atoms with Gasteiger partial charge in [0.2, 0.25) is 0 Å². The summed E-state index contributed by atoms with van der Waals surface area (Å²) < 4.78 is 1.79. The van der Waals surface area contributed by atoms with Crippen LogP contribution in [0.15, 0.2) is 17.4 Å². The third-order valence-corrected chi connectivity index (χ3v) is 3.18. The number of nitrogens with zero attached hydrogens (tertiary/aromatic N) is 4. The Morgan fingerprint density at radius 3 is 3.40 bits per heavy atom. The maximum Gasteiger partial charge on any atom is 0.156 e. The smallest absolute Gasteiger partial charge is 0.156 e. The Morgan fingerprint density at radius 2 is 2.67 bits per heavy atom. The fraction of sp³-hybridized carbons (Fsp3) is 0.667. The van der Waals surface area contributed by atoms with Gasteiger partial charge in [0.15, 0.2) is 5.17 Å². The average molecular weight is 225 g/mol. The van der Waals surface area contributed by atoms with Crippen LogP contribution in [0, 0.1) is 0 Å². The Morgan fingerprint density at radius 1 is 1.73 bits per heavy atom. The first-order valence-electron chi connectivity index (χ1n) is 5.12. The van der Waals surface area contributed by atoms with Gasteiger partial charge in [-0.1, -0.05) is 17.0 Å². The molecule has 2 heterocycles. The topological polar surface area (TPSA) is 55.1 Å². The van der Waals surface area contributed by atoms with Crippen LogP contribution in [0.1, 0.15) is 13.3 Å². The molecule has 1 fully saturated rings. The number of thioether (sulfide) groups is 1. The Kier molecular flexibility index (Phi) is 3.60. The molecule has 1 aliphatic heterocycles. The molecule has 15 heavy (non-hydrogen) atoms. The van der Waals surface area contributed by atoms with Gasteiger partial charge in [-0.2, -0.15) is 0 Å². The zero-order chi connectivity index (χ0) is 10.5. The van der Waals surface area contributed by atoms with Crippen molar-refractivity contribution in [3.63, 3.8) is 0 Å². The van der Waals surface area contributed by atoms with E-state index in [1.807, 2.05) is 6.20 Å². The van der Waals surface area contributed by atoms with Crippen LogP contribution in [0.25, 0.3) is 0 Å². The first-order chi connectivity index (χ1) is 7.34. The SMILES string of the molecule is CC1CCSC(=NCCn2ccnn2)N1. The summed E-state index contributed by atoms with van der Waals surface area (Å²) >= 11 is 1.80. The Hall–Kier alpha value is -1.04. The molecule has 1 N–H and O–H groups in total. The van der Waals surface area contributed by atoms with Crippen LogP contribution in [0.2, 0.25) is 0 Å². The van der Waals surface area contributed by atoms with Crippen molar-refractivity contribution in [3.05, 3.63) is 12.4 Å². The summed E-state index contributed by atoms with van der Waals surface area (Å²) in [5.41, 5.74) is 0. The van der Waals surface area contributed by atoms with E-state index in [0.29, 0.717) is 6.04 Å². The van der Waals surface area contributed by atoms with Gasteiger partial charge in [-0.05, 0) is 13.3 Å². The molecule has 0 bridgehead atoms. The molecule has 0 aromatic carbocycles. The molecule has 1 aromatic rings. The van der Waals surface area contributed by atoms with E-state index in [4.69, 9.17) is 0 Å². The van der Waals surface area contributed by atoms with Gasteiger partial charge in [-0.25, -0.2) is 0 Å². The van der Waals surface area contributed by atoms with E-state index in [2.05, 4.69) is 27.5 Å². The third kappa shape index (κ3) is 3.23. The lowest BCUT2D eigenvalue weighted by atomic mass is 10.3. The van der Waals surface area contributed by atoms with Gasteiger partial charge in [-0.15, -0.1) is 5.10 Å². The third-order valence-electron chi connectivity index (χ3n) is 2.22. The predicted molar refractivity (Wildman–Crippen MR) is 62.0 cm³/mol. The fourth-order valence-electron chi connectivity index (χ4n) is 1.35. The molecule has 0 spiro atoms. The average Bonchev–Trinajstić information content (AvgIpc) is 2.71. The normalized spacial score (nSPS) is 24.1. The molecule has 1 aromatic heterocycles. The van der Waals surface area contributed by atoms with Gasteiger partial charge in [0.25, 0.3) is 0 Å². The first-order valence-corrected chi connectivity index (χ1v) is 6.11. The lowest BCUT2D eigenvalue weighted by Crippen LogP contribution is -2.35. The van der Waals surface area contributed by atoms with Gasteiger partial charge >= 0.3 is 0 Å². The molecule has 2 rings (SSSR count). The highest BCUT2D eigenvalue weighted by molar-refractivity contribution is 8.13. The molecule has 0 aliphatic carbocycles. The monoisotopic (exact) mass is 225 g/mol. The number of hydrogen-bond donors (Lipinski definition) is 1. The van der Waals surface area contributed by atoms with Crippen molar-refractivity contribution in [1.82, 2.24) is 20.3 Å². The van der Waals surface area contributed by atoms with Crippen LogP contribution >= 0.6 is 11.8 Å². The summed E-state index contributed by atoms with van der Waals surface area (Å²) in [6.45, 7) is 3.73. The summed E-state index contributed by atoms with van der Waals surface area (Å²) in [7, 11) is 0. The largest absolute Gasteiger partial charge is 0.362 e. The maximum atomic E-state index is 4.49. The van der Waals surface area contributed by atoms with Gasteiger partial charge in [0, 0.05) is 18.0 Å². The minimum Gasteiger partial charge on any atom is -0.362 e. The van der Waals surface area contributed by atoms with Gasteiger partial charge in [-0.3, -0.25) is 9.67 Å². The van der Waals surface area contributed by atoms with Crippen molar-refractivity contribution in [1.29, 1.82) is 0 Å². The van der Waals surface area contributed by atoms with Crippen molar-refractivity contribution < 1.29 is 0 Å². The quantitative estimate of drug-likeness (QED) is 0.824. The van der Waals surface area contributed by atoms with Crippen LogP contribution in [-0.4, -0.2) is 38.5 Å². The van der Waals surface area contributed by atoms with Crippen LogP contribution in [0.5, 0.6) is 0 Å². The van der Waals surface area contributed by atoms with Crippen LogP contribution in [0.3, 0.4) is 0 Å². The zero-order valence-electron chi connectivity index (χ0n) is 8.76. The van der Waals surface area contributed by atoms with Gasteiger partial charge < -0.3 is 5.32 Å². The number of aromatic nitrogens is 3. The second-order valence-corrected chi connectivity index (χ2v) is 4.62. The maximum absolute atomic E-state index is 4.49. The fourth-order valence-corrected chi connectivity index (χ4v) is 2.49. The van der Waals surface area contributed by atoms with E-state index in [0.717, 1.165) is 24.0 Å². The molecule has 0 saturated carbocycles. The highest BCUT2D eigenvalue weighted by Gasteiger charge is 2.12. The Bertz CT molecular complexity index is 321. The molecule has 82 valence electrons. The lowest BCUT2D eigenvalue weighted by Gasteiger charge is -2.21. The molecule has 1 unspecified atom stereocenters. The number of hydrogen-bond acceptors (Lipinski definition) is 4. The number of aliphatic imine (C=N–C) groups is 1. The second-order valence-electron chi connectivity index (χ2n) is 3.54. The predicted octanol–water partition coefficient (Wildman–Crippen LogP) is 0.749. The van der Waals surface area contributed by atoms with Gasteiger partial charge in [0.1, 0.15) is 0 Å². The van der Waals surface area contributed by atoms with E-state index in [-0.39, 0.29) is 0 Å². The first kappa shape index (κ1) is 10.5. The molecule has 1 aliphatic rings. The molecule has 1 saturated heterocycles. The number of nitrogens with one attached hydrogen (secondary N) is 1.